The molecule has 2 rings (SSSR count). The van der Waals surface area contributed by atoms with Gasteiger partial charge in [-0.2, -0.15) is 0 Å². The fraction of sp³-hybridized carbons (Fsp3) is 0.731. The summed E-state index contributed by atoms with van der Waals surface area (Å²) in [4.78, 5) is 13.6. The molecule has 0 amide bonds. The molecular formula is C26H46N2O3Si. The molecular weight excluding hydrogens is 416 g/mol. The van der Waals surface area contributed by atoms with Crippen molar-refractivity contribution < 1.29 is 14.3 Å². The smallest absolute Gasteiger partial charge is 0.303 e. The van der Waals surface area contributed by atoms with Crippen molar-refractivity contribution in [2.45, 2.75) is 110 Å². The summed E-state index contributed by atoms with van der Waals surface area (Å²) in [6, 6.07) is 6.59. The summed E-state index contributed by atoms with van der Waals surface area (Å²) in [5, 5.41) is 9.35. The number of aliphatic carboxylic acids is 1. The van der Waals surface area contributed by atoms with Crippen molar-refractivity contribution in [3.8, 4) is 0 Å². The van der Waals surface area contributed by atoms with Gasteiger partial charge in [-0.3, -0.25) is 4.79 Å². The molecule has 1 aliphatic rings. The first-order valence-electron chi connectivity index (χ1n) is 12.3. The molecule has 1 saturated carbocycles. The van der Waals surface area contributed by atoms with Gasteiger partial charge < -0.3 is 20.2 Å². The molecule has 0 bridgehead atoms. The number of rotatable bonds is 9. The second-order valence-electron chi connectivity index (χ2n) is 11.7. The molecule has 1 aromatic carbocycles. The second-order valence-corrected chi connectivity index (χ2v) is 16.4. The van der Waals surface area contributed by atoms with Crippen molar-refractivity contribution in [2.24, 2.45) is 5.92 Å². The van der Waals surface area contributed by atoms with Crippen molar-refractivity contribution in [2.75, 3.05) is 17.2 Å². The van der Waals surface area contributed by atoms with Gasteiger partial charge in [0, 0.05) is 18.7 Å². The summed E-state index contributed by atoms with van der Waals surface area (Å²) in [6.45, 7) is 19.0. The number of hydrogen-bond donors (Lipinski definition) is 2. The second kappa shape index (κ2) is 10.6. The zero-order chi connectivity index (χ0) is 24.3. The highest BCUT2D eigenvalue weighted by Crippen LogP contribution is 2.40. The highest BCUT2D eigenvalue weighted by atomic mass is 28.4. The Morgan fingerprint density at radius 3 is 2.25 bits per heavy atom. The lowest BCUT2D eigenvalue weighted by atomic mass is 9.90. The molecule has 1 aromatic rings. The molecule has 0 unspecified atom stereocenters. The first kappa shape index (κ1) is 26.7. The maximum Gasteiger partial charge on any atom is 0.303 e. The molecule has 0 spiro atoms. The SMILES string of the molecule is CC(C)CN(c1ccc([C@H](C)CC(=O)O)cc1N)C1CCC(O[Si](C)(C)C(C)(C)C)CC1. The summed E-state index contributed by atoms with van der Waals surface area (Å²) in [5.41, 5.74) is 9.35. The van der Waals surface area contributed by atoms with Crippen LogP contribution in [0.2, 0.25) is 18.1 Å². The number of nitrogens with zero attached hydrogens (tertiary/aromatic N) is 1. The summed E-state index contributed by atoms with van der Waals surface area (Å²) in [5.74, 6) is -0.301. The van der Waals surface area contributed by atoms with Crippen LogP contribution in [0.4, 0.5) is 11.4 Å². The lowest BCUT2D eigenvalue weighted by Gasteiger charge is -2.44. The van der Waals surface area contributed by atoms with Crippen LogP contribution in [0.15, 0.2) is 18.2 Å². The number of anilines is 2. The van der Waals surface area contributed by atoms with Gasteiger partial charge in [-0.1, -0.05) is 47.6 Å². The normalized spacial score (nSPS) is 20.9. The van der Waals surface area contributed by atoms with Gasteiger partial charge in [0.2, 0.25) is 0 Å². The molecule has 1 aliphatic carbocycles. The fourth-order valence-corrected chi connectivity index (χ4v) is 5.85. The third kappa shape index (κ3) is 6.98. The van der Waals surface area contributed by atoms with Gasteiger partial charge in [0.15, 0.2) is 8.32 Å². The molecule has 0 saturated heterocycles. The van der Waals surface area contributed by atoms with Gasteiger partial charge in [0.25, 0.3) is 0 Å². The highest BCUT2D eigenvalue weighted by Gasteiger charge is 2.40. The van der Waals surface area contributed by atoms with Crippen molar-refractivity contribution >= 4 is 25.7 Å². The van der Waals surface area contributed by atoms with Crippen LogP contribution in [0.25, 0.3) is 0 Å². The van der Waals surface area contributed by atoms with Crippen molar-refractivity contribution in [1.29, 1.82) is 0 Å². The number of carboxylic acid groups (broad SMARTS) is 1. The Morgan fingerprint density at radius 1 is 1.19 bits per heavy atom. The largest absolute Gasteiger partial charge is 0.481 e. The Bertz CT molecular complexity index is 765. The predicted molar refractivity (Wildman–Crippen MR) is 138 cm³/mol. The van der Waals surface area contributed by atoms with Crippen LogP contribution in [0.3, 0.4) is 0 Å². The molecule has 1 atom stereocenters. The van der Waals surface area contributed by atoms with E-state index in [-0.39, 0.29) is 17.4 Å². The van der Waals surface area contributed by atoms with Crippen LogP contribution in [-0.2, 0) is 9.22 Å². The van der Waals surface area contributed by atoms with E-state index in [9.17, 15) is 4.79 Å². The number of benzene rings is 1. The summed E-state index contributed by atoms with van der Waals surface area (Å²) in [6.07, 6.45) is 4.90. The number of nitrogen functional groups attached to an aromatic ring is 1. The Labute approximate surface area is 196 Å². The molecule has 32 heavy (non-hydrogen) atoms. The monoisotopic (exact) mass is 462 g/mol. The van der Waals surface area contributed by atoms with E-state index in [0.717, 1.165) is 49.2 Å². The maximum atomic E-state index is 11.1. The maximum absolute atomic E-state index is 11.1. The summed E-state index contributed by atoms with van der Waals surface area (Å²) >= 11 is 0. The predicted octanol–water partition coefficient (Wildman–Crippen LogP) is 6.64. The van der Waals surface area contributed by atoms with Crippen LogP contribution < -0.4 is 10.6 Å². The molecule has 0 aliphatic heterocycles. The average molecular weight is 463 g/mol. The summed E-state index contributed by atoms with van der Waals surface area (Å²) < 4.78 is 6.70. The van der Waals surface area contributed by atoms with Crippen LogP contribution in [0, 0.1) is 5.92 Å². The van der Waals surface area contributed by atoms with E-state index in [0.29, 0.717) is 18.1 Å². The first-order valence-corrected chi connectivity index (χ1v) is 15.2. The van der Waals surface area contributed by atoms with Crippen molar-refractivity contribution in [1.82, 2.24) is 0 Å². The number of carbonyl (C=O) groups is 1. The number of carboxylic acids is 1. The van der Waals surface area contributed by atoms with Gasteiger partial charge in [0.05, 0.1) is 17.8 Å². The summed E-state index contributed by atoms with van der Waals surface area (Å²) in [7, 11) is -1.74. The number of hydrogen-bond acceptors (Lipinski definition) is 4. The van der Waals surface area contributed by atoms with E-state index in [1.54, 1.807) is 0 Å². The van der Waals surface area contributed by atoms with E-state index >= 15 is 0 Å². The van der Waals surface area contributed by atoms with Crippen LogP contribution >= 0.6 is 0 Å². The minimum Gasteiger partial charge on any atom is -0.481 e. The standard InChI is InChI=1S/C26H46N2O3Si/c1-18(2)17-28(24-14-9-20(16-23(24)27)19(3)15-25(29)30)21-10-12-22(13-11-21)31-32(7,8)26(4,5)6/h9,14,16,18-19,21-22H,10-13,15,17,27H2,1-8H3,(H,29,30)/t19-,21?,22?/m1/s1. The molecule has 0 aromatic heterocycles. The van der Waals surface area contributed by atoms with E-state index in [1.165, 1.54) is 0 Å². The lowest BCUT2D eigenvalue weighted by Crippen LogP contribution is -2.47. The van der Waals surface area contributed by atoms with Gasteiger partial charge in [0.1, 0.15) is 0 Å². The molecule has 0 heterocycles. The Morgan fingerprint density at radius 2 is 1.78 bits per heavy atom. The van der Waals surface area contributed by atoms with Crippen molar-refractivity contribution in [3.05, 3.63) is 23.8 Å². The van der Waals surface area contributed by atoms with E-state index in [2.05, 4.69) is 64.7 Å². The van der Waals surface area contributed by atoms with Gasteiger partial charge in [-0.15, -0.1) is 0 Å². The topological polar surface area (TPSA) is 75.8 Å². The zero-order valence-corrected chi connectivity index (χ0v) is 22.6. The Hall–Kier alpha value is -1.53. The molecule has 0 radical (unpaired) electrons. The van der Waals surface area contributed by atoms with Crippen LogP contribution in [-0.4, -0.2) is 38.1 Å². The fourth-order valence-electron chi connectivity index (χ4n) is 4.43. The molecule has 182 valence electrons. The molecule has 1 fully saturated rings. The zero-order valence-electron chi connectivity index (χ0n) is 21.6. The third-order valence-corrected chi connectivity index (χ3v) is 11.9. The van der Waals surface area contributed by atoms with Gasteiger partial charge in [-0.25, -0.2) is 0 Å². The highest BCUT2D eigenvalue weighted by molar-refractivity contribution is 6.74. The van der Waals surface area contributed by atoms with E-state index in [1.807, 2.05) is 13.0 Å². The minimum absolute atomic E-state index is 0.0506. The molecule has 6 heteroatoms. The van der Waals surface area contributed by atoms with Crippen molar-refractivity contribution in [3.63, 3.8) is 0 Å². The Balaban J connectivity index is 2.14. The van der Waals surface area contributed by atoms with E-state index in [4.69, 9.17) is 15.3 Å². The van der Waals surface area contributed by atoms with Crippen LogP contribution in [0.5, 0.6) is 0 Å². The van der Waals surface area contributed by atoms with E-state index < -0.39 is 14.3 Å². The quantitative estimate of drug-likeness (QED) is 0.318. The minimum atomic E-state index is -1.74. The van der Waals surface area contributed by atoms with Gasteiger partial charge in [-0.05, 0) is 73.3 Å². The Kier molecular flexibility index (Phi) is 8.85. The number of nitrogens with two attached hydrogens (primary N) is 1. The van der Waals surface area contributed by atoms with Crippen LogP contribution in [0.1, 0.15) is 85.1 Å². The molecule has 5 nitrogen and oxygen atoms in total. The van der Waals surface area contributed by atoms with Gasteiger partial charge >= 0.3 is 5.97 Å². The first-order chi connectivity index (χ1) is 14.7. The molecule has 3 N–H and O–H groups in total. The third-order valence-electron chi connectivity index (χ3n) is 7.32. The average Bonchev–Trinajstić information content (AvgIpc) is 2.65. The lowest BCUT2D eigenvalue weighted by molar-refractivity contribution is -0.137.